The van der Waals surface area contributed by atoms with Crippen LogP contribution in [0.2, 0.25) is 0 Å². The summed E-state index contributed by atoms with van der Waals surface area (Å²) in [5.74, 6) is -0.0644. The van der Waals surface area contributed by atoms with E-state index in [-0.39, 0.29) is 30.4 Å². The summed E-state index contributed by atoms with van der Waals surface area (Å²) < 4.78 is 0. The van der Waals surface area contributed by atoms with Crippen LogP contribution in [0.3, 0.4) is 0 Å². The number of hydrogen-bond acceptors (Lipinski definition) is 4. The molecule has 2 atom stereocenters. The summed E-state index contributed by atoms with van der Waals surface area (Å²) in [5.41, 5.74) is 1.27. The average molecular weight is 386 g/mol. The summed E-state index contributed by atoms with van der Waals surface area (Å²) in [4.78, 5) is 29.0. The minimum atomic E-state index is -0.634. The zero-order valence-corrected chi connectivity index (χ0v) is 17.0. The van der Waals surface area contributed by atoms with E-state index >= 15 is 0 Å². The van der Waals surface area contributed by atoms with Gasteiger partial charge >= 0.3 is 6.03 Å². The van der Waals surface area contributed by atoms with Crippen molar-refractivity contribution in [1.29, 1.82) is 5.26 Å². The third-order valence-corrected chi connectivity index (χ3v) is 5.03. The molecule has 1 saturated heterocycles. The van der Waals surface area contributed by atoms with E-state index < -0.39 is 6.04 Å². The first-order valence-electron chi connectivity index (χ1n) is 9.85. The molecule has 1 aliphatic heterocycles. The molecule has 0 saturated carbocycles. The number of nitrogens with one attached hydrogen (secondary N) is 2. The summed E-state index contributed by atoms with van der Waals surface area (Å²) in [7, 11) is 1.78. The molecule has 2 unspecified atom stereocenters. The molecule has 28 heavy (non-hydrogen) atoms. The Morgan fingerprint density at radius 1 is 1.32 bits per heavy atom. The number of likely N-dealkylation sites (tertiary alicyclic amines) is 1. The molecule has 1 aromatic rings. The highest BCUT2D eigenvalue weighted by Gasteiger charge is 2.30. The fourth-order valence-corrected chi connectivity index (χ4v) is 3.48. The minimum Gasteiger partial charge on any atom is -0.341 e. The summed E-state index contributed by atoms with van der Waals surface area (Å²) in [5, 5.41) is 14.0. The van der Waals surface area contributed by atoms with Gasteiger partial charge in [0.1, 0.15) is 12.6 Å². The Morgan fingerprint density at radius 2 is 2.04 bits per heavy atom. The van der Waals surface area contributed by atoms with Crippen LogP contribution in [0.25, 0.3) is 0 Å². The fraction of sp³-hybridized carbons (Fsp3) is 0.571. The quantitative estimate of drug-likeness (QED) is 0.670. The summed E-state index contributed by atoms with van der Waals surface area (Å²) in [6, 6.07) is 11.4. The van der Waals surface area contributed by atoms with Crippen molar-refractivity contribution in [3.63, 3.8) is 0 Å². The van der Waals surface area contributed by atoms with Crippen LogP contribution in [0.1, 0.15) is 32.3 Å². The molecular formula is C21H31N5O2. The van der Waals surface area contributed by atoms with Gasteiger partial charge in [-0.1, -0.05) is 44.2 Å². The molecule has 1 aliphatic rings. The molecule has 7 heteroatoms. The monoisotopic (exact) mass is 385 g/mol. The second kappa shape index (κ2) is 10.7. The number of urea groups is 1. The first-order valence-corrected chi connectivity index (χ1v) is 9.85. The largest absolute Gasteiger partial charge is 0.341 e. The van der Waals surface area contributed by atoms with Gasteiger partial charge in [-0.3, -0.25) is 9.69 Å². The number of nitrogens with zero attached hydrogens (tertiary/aromatic N) is 3. The van der Waals surface area contributed by atoms with Crippen LogP contribution in [0, 0.1) is 17.2 Å². The zero-order chi connectivity index (χ0) is 20.5. The van der Waals surface area contributed by atoms with E-state index in [4.69, 9.17) is 5.26 Å². The maximum atomic E-state index is 12.7. The van der Waals surface area contributed by atoms with Gasteiger partial charge in [0.05, 0.1) is 6.07 Å². The van der Waals surface area contributed by atoms with Gasteiger partial charge in [-0.25, -0.2) is 4.79 Å². The van der Waals surface area contributed by atoms with E-state index in [1.165, 1.54) is 5.56 Å². The molecule has 2 N–H and O–H groups in total. The summed E-state index contributed by atoms with van der Waals surface area (Å²) in [6.45, 7) is 6.57. The molecule has 0 aromatic heterocycles. The lowest BCUT2D eigenvalue weighted by molar-refractivity contribution is -0.123. The second-order valence-electron chi connectivity index (χ2n) is 7.78. The molecule has 1 fully saturated rings. The molecule has 0 spiro atoms. The van der Waals surface area contributed by atoms with Gasteiger partial charge in [-0.15, -0.1) is 0 Å². The number of likely N-dealkylation sites (N-methyl/N-ethyl adjacent to an activating group) is 1. The summed E-state index contributed by atoms with van der Waals surface area (Å²) >= 11 is 0. The van der Waals surface area contributed by atoms with Gasteiger partial charge < -0.3 is 15.5 Å². The number of nitriles is 1. The number of carbonyl (C=O) groups excluding carboxylic acids is 2. The number of benzene rings is 1. The van der Waals surface area contributed by atoms with Crippen LogP contribution in [0.4, 0.5) is 4.79 Å². The number of amides is 3. The lowest BCUT2D eigenvalue weighted by atomic mass is 10.0. The van der Waals surface area contributed by atoms with Crippen molar-refractivity contribution >= 4 is 11.9 Å². The predicted molar refractivity (Wildman–Crippen MR) is 108 cm³/mol. The highest BCUT2D eigenvalue weighted by atomic mass is 16.2. The lowest BCUT2D eigenvalue weighted by Gasteiger charge is -2.28. The zero-order valence-electron chi connectivity index (χ0n) is 17.0. The molecular weight excluding hydrogens is 354 g/mol. The maximum absolute atomic E-state index is 12.7. The van der Waals surface area contributed by atoms with E-state index in [1.54, 1.807) is 11.9 Å². The van der Waals surface area contributed by atoms with E-state index in [0.717, 1.165) is 26.1 Å². The number of rotatable bonds is 8. The first kappa shape index (κ1) is 21.7. The van der Waals surface area contributed by atoms with E-state index in [1.807, 2.05) is 38.1 Å². The van der Waals surface area contributed by atoms with Crippen molar-refractivity contribution in [1.82, 2.24) is 20.4 Å². The van der Waals surface area contributed by atoms with Crippen LogP contribution in [0.15, 0.2) is 30.3 Å². The van der Waals surface area contributed by atoms with Crippen LogP contribution in [0.5, 0.6) is 0 Å². The second-order valence-corrected chi connectivity index (χ2v) is 7.78. The molecule has 0 radical (unpaired) electrons. The SMILES string of the molecule is CC(C)CC(NC(=O)N(C)C1CCN(Cc2ccccc2)C1)C(=O)NCC#N. The third kappa shape index (κ3) is 6.54. The molecule has 0 aliphatic carbocycles. The maximum Gasteiger partial charge on any atom is 0.318 e. The number of hydrogen-bond donors (Lipinski definition) is 2. The molecule has 0 bridgehead atoms. The van der Waals surface area contributed by atoms with Crippen molar-refractivity contribution in [2.24, 2.45) is 5.92 Å². The smallest absolute Gasteiger partial charge is 0.318 e. The van der Waals surface area contributed by atoms with Gasteiger partial charge in [0, 0.05) is 32.7 Å². The van der Waals surface area contributed by atoms with E-state index in [9.17, 15) is 9.59 Å². The Hall–Kier alpha value is -2.59. The van der Waals surface area contributed by atoms with Crippen molar-refractivity contribution in [3.05, 3.63) is 35.9 Å². The van der Waals surface area contributed by atoms with Gasteiger partial charge in [0.15, 0.2) is 0 Å². The highest BCUT2D eigenvalue weighted by Crippen LogP contribution is 2.17. The first-order chi connectivity index (χ1) is 13.4. The van der Waals surface area contributed by atoms with E-state index in [2.05, 4.69) is 27.7 Å². The van der Waals surface area contributed by atoms with Crippen molar-refractivity contribution in [3.8, 4) is 6.07 Å². The Kier molecular flexibility index (Phi) is 8.27. The molecule has 1 heterocycles. The predicted octanol–water partition coefficient (Wildman–Crippen LogP) is 1.96. The van der Waals surface area contributed by atoms with Crippen molar-refractivity contribution < 1.29 is 9.59 Å². The van der Waals surface area contributed by atoms with Gasteiger partial charge in [0.2, 0.25) is 5.91 Å². The van der Waals surface area contributed by atoms with Gasteiger partial charge in [0.25, 0.3) is 0 Å². The Labute approximate surface area is 167 Å². The Bertz CT molecular complexity index is 686. The van der Waals surface area contributed by atoms with Gasteiger partial charge in [-0.05, 0) is 24.3 Å². The highest BCUT2D eigenvalue weighted by molar-refractivity contribution is 5.87. The average Bonchev–Trinajstić information content (AvgIpc) is 3.13. The Morgan fingerprint density at radius 3 is 2.68 bits per heavy atom. The van der Waals surface area contributed by atoms with Crippen molar-refractivity contribution in [2.75, 3.05) is 26.7 Å². The van der Waals surface area contributed by atoms with Gasteiger partial charge in [-0.2, -0.15) is 5.26 Å². The van der Waals surface area contributed by atoms with Crippen LogP contribution < -0.4 is 10.6 Å². The topological polar surface area (TPSA) is 88.5 Å². The third-order valence-electron chi connectivity index (χ3n) is 5.03. The molecule has 1 aromatic carbocycles. The molecule has 7 nitrogen and oxygen atoms in total. The van der Waals surface area contributed by atoms with E-state index in [0.29, 0.717) is 6.42 Å². The lowest BCUT2D eigenvalue weighted by Crippen LogP contribution is -2.53. The molecule has 3 amide bonds. The van der Waals surface area contributed by atoms with Crippen LogP contribution >= 0.6 is 0 Å². The fourth-order valence-electron chi connectivity index (χ4n) is 3.48. The Balaban J connectivity index is 1.89. The van der Waals surface area contributed by atoms with Crippen LogP contribution in [-0.4, -0.2) is 60.5 Å². The molecule has 2 rings (SSSR count). The standard InChI is InChI=1S/C21H31N5O2/c1-16(2)13-19(20(27)23-11-10-22)24-21(28)25(3)18-9-12-26(15-18)14-17-7-5-4-6-8-17/h4-8,16,18-19H,9,11-15H2,1-3H3,(H,23,27)(H,24,28). The van der Waals surface area contributed by atoms with Crippen molar-refractivity contribution in [2.45, 2.75) is 45.3 Å². The normalized spacial score (nSPS) is 17.8. The van der Waals surface area contributed by atoms with Crippen LogP contribution in [-0.2, 0) is 11.3 Å². The molecule has 152 valence electrons. The number of carbonyl (C=O) groups is 2. The minimum absolute atomic E-state index is 0.0593. The summed E-state index contributed by atoms with van der Waals surface area (Å²) in [6.07, 6.45) is 1.44.